The minimum absolute atomic E-state index is 0.0153. The first-order valence-electron chi connectivity index (χ1n) is 5.82. The molecule has 114 valence electrons. The highest BCUT2D eigenvalue weighted by Gasteiger charge is 2.46. The third kappa shape index (κ3) is 2.62. The Hall–Kier alpha value is -2.55. The van der Waals surface area contributed by atoms with Gasteiger partial charge in [-0.1, -0.05) is 0 Å². The maximum Gasteiger partial charge on any atom is 0.482 e. The van der Waals surface area contributed by atoms with E-state index in [1.54, 1.807) is 0 Å². The molecule has 3 rings (SSSR count). The molecule has 1 amide bonds. The fraction of sp³-hybridized carbons (Fsp3) is 0.0833. The Labute approximate surface area is 126 Å². The molecule has 22 heavy (non-hydrogen) atoms. The Morgan fingerprint density at radius 3 is 2.91 bits per heavy atom. The monoisotopic (exact) mass is 330 g/mol. The summed E-state index contributed by atoms with van der Waals surface area (Å²) in [5, 5.41) is 4.42. The molecule has 1 aliphatic heterocycles. The van der Waals surface area contributed by atoms with Crippen molar-refractivity contribution in [1.82, 2.24) is 9.97 Å². The lowest BCUT2D eigenvalue weighted by molar-refractivity contribution is -0.189. The molecule has 0 spiro atoms. The number of rotatable bonds is 2. The summed E-state index contributed by atoms with van der Waals surface area (Å²) >= 11 is 5.56. The molecule has 0 unspecified atom stereocenters. The van der Waals surface area contributed by atoms with Gasteiger partial charge < -0.3 is 15.4 Å². The van der Waals surface area contributed by atoms with Crippen LogP contribution in [0.15, 0.2) is 24.4 Å². The highest BCUT2D eigenvalue weighted by molar-refractivity contribution is 6.28. The van der Waals surface area contributed by atoms with Gasteiger partial charge in [0.25, 0.3) is 0 Å². The molecule has 0 radical (unpaired) electrons. The van der Waals surface area contributed by atoms with E-state index in [4.69, 9.17) is 11.6 Å². The molecule has 0 saturated carbocycles. The Morgan fingerprint density at radius 2 is 2.14 bits per heavy atom. The molecule has 0 bridgehead atoms. The molecule has 2 heterocycles. The number of nitrogens with zero attached hydrogens (tertiary/aromatic N) is 2. The summed E-state index contributed by atoms with van der Waals surface area (Å²) in [6.07, 6.45) is -3.06. The summed E-state index contributed by atoms with van der Waals surface area (Å²) in [6.45, 7) is 0. The van der Waals surface area contributed by atoms with Crippen LogP contribution < -0.4 is 15.4 Å². The molecule has 1 aromatic heterocycles. The standard InChI is InChI=1S/C12H6ClF3N4O2/c13-11-17-4-6(14)9(20-11)18-5-1-2-8-7(3-5)19-10(21)12(15,16)22-8/h1-4H,(H,19,21)(H,17,18,20). The van der Waals surface area contributed by atoms with E-state index in [9.17, 15) is 18.0 Å². The number of halogens is 4. The van der Waals surface area contributed by atoms with Crippen LogP contribution in [0.5, 0.6) is 5.75 Å². The summed E-state index contributed by atoms with van der Waals surface area (Å²) in [5.41, 5.74) is 0.294. The summed E-state index contributed by atoms with van der Waals surface area (Å²) in [6, 6.07) is 3.84. The third-order valence-electron chi connectivity index (χ3n) is 2.71. The second kappa shape index (κ2) is 5.02. The fourth-order valence-electron chi connectivity index (χ4n) is 1.74. The van der Waals surface area contributed by atoms with Gasteiger partial charge in [-0.25, -0.2) is 9.37 Å². The first-order valence-corrected chi connectivity index (χ1v) is 6.20. The van der Waals surface area contributed by atoms with Gasteiger partial charge in [0, 0.05) is 5.69 Å². The Kier molecular flexibility index (Phi) is 3.28. The molecule has 1 aliphatic rings. The Bertz CT molecular complexity index is 772. The lowest BCUT2D eigenvalue weighted by atomic mass is 10.2. The summed E-state index contributed by atoms with van der Waals surface area (Å²) < 4.78 is 44.0. The van der Waals surface area contributed by atoms with Gasteiger partial charge in [0.15, 0.2) is 17.4 Å². The van der Waals surface area contributed by atoms with Crippen molar-refractivity contribution in [2.75, 3.05) is 10.6 Å². The summed E-state index contributed by atoms with van der Waals surface area (Å²) in [7, 11) is 0. The minimum Gasteiger partial charge on any atom is -0.423 e. The average Bonchev–Trinajstić information content (AvgIpc) is 2.44. The maximum atomic E-state index is 13.5. The van der Waals surface area contributed by atoms with Crippen LogP contribution in [0.4, 0.5) is 30.4 Å². The van der Waals surface area contributed by atoms with Crippen LogP contribution in [-0.2, 0) is 4.79 Å². The van der Waals surface area contributed by atoms with Gasteiger partial charge >= 0.3 is 12.0 Å². The first-order chi connectivity index (χ1) is 10.3. The van der Waals surface area contributed by atoms with Crippen LogP contribution in [0.2, 0.25) is 5.28 Å². The Balaban J connectivity index is 1.90. The highest BCUT2D eigenvalue weighted by Crippen LogP contribution is 2.37. The van der Waals surface area contributed by atoms with Crippen molar-refractivity contribution >= 4 is 34.7 Å². The zero-order chi connectivity index (χ0) is 15.9. The summed E-state index contributed by atoms with van der Waals surface area (Å²) in [4.78, 5) is 18.2. The van der Waals surface area contributed by atoms with Crippen molar-refractivity contribution in [3.63, 3.8) is 0 Å². The van der Waals surface area contributed by atoms with Crippen LogP contribution in [-0.4, -0.2) is 22.0 Å². The number of nitrogens with one attached hydrogen (secondary N) is 2. The number of hydrogen-bond donors (Lipinski definition) is 2. The van der Waals surface area contributed by atoms with Gasteiger partial charge in [0.05, 0.1) is 11.9 Å². The van der Waals surface area contributed by atoms with Crippen molar-refractivity contribution in [2.45, 2.75) is 6.11 Å². The minimum atomic E-state index is -3.94. The lowest BCUT2D eigenvalue weighted by Crippen LogP contribution is -2.43. The molecule has 6 nitrogen and oxygen atoms in total. The van der Waals surface area contributed by atoms with Crippen LogP contribution >= 0.6 is 11.6 Å². The SMILES string of the molecule is O=C1Nc2cc(Nc3nc(Cl)ncc3F)ccc2OC1(F)F. The van der Waals surface area contributed by atoms with Crippen molar-refractivity contribution in [3.8, 4) is 5.75 Å². The second-order valence-corrected chi connectivity index (χ2v) is 4.58. The van der Waals surface area contributed by atoms with Crippen molar-refractivity contribution < 1.29 is 22.7 Å². The number of anilines is 3. The molecule has 0 fully saturated rings. The average molecular weight is 331 g/mol. The van der Waals surface area contributed by atoms with E-state index < -0.39 is 17.8 Å². The number of hydrogen-bond acceptors (Lipinski definition) is 5. The van der Waals surface area contributed by atoms with E-state index >= 15 is 0 Å². The predicted molar refractivity (Wildman–Crippen MR) is 70.9 cm³/mol. The maximum absolute atomic E-state index is 13.5. The van der Waals surface area contributed by atoms with E-state index in [2.05, 4.69) is 20.0 Å². The normalized spacial score (nSPS) is 15.5. The van der Waals surface area contributed by atoms with Crippen molar-refractivity contribution in [1.29, 1.82) is 0 Å². The number of alkyl halides is 2. The highest BCUT2D eigenvalue weighted by atomic mass is 35.5. The number of benzene rings is 1. The number of carbonyl (C=O) groups is 1. The number of carbonyl (C=O) groups excluding carboxylic acids is 1. The van der Waals surface area contributed by atoms with E-state index in [1.165, 1.54) is 18.2 Å². The number of ether oxygens (including phenoxy) is 1. The van der Waals surface area contributed by atoms with Gasteiger partial charge in [0.1, 0.15) is 0 Å². The van der Waals surface area contributed by atoms with E-state index in [-0.39, 0.29) is 28.2 Å². The number of amides is 1. The van der Waals surface area contributed by atoms with Gasteiger partial charge in [-0.15, -0.1) is 0 Å². The molecule has 10 heteroatoms. The van der Waals surface area contributed by atoms with Crippen LogP contribution in [0, 0.1) is 5.82 Å². The number of aromatic nitrogens is 2. The van der Waals surface area contributed by atoms with Gasteiger partial charge in [0.2, 0.25) is 5.28 Å². The van der Waals surface area contributed by atoms with Gasteiger partial charge in [-0.2, -0.15) is 13.8 Å². The zero-order valence-electron chi connectivity index (χ0n) is 10.5. The molecule has 0 aliphatic carbocycles. The summed E-state index contributed by atoms with van der Waals surface area (Å²) in [5.74, 6) is -2.76. The van der Waals surface area contributed by atoms with Crippen LogP contribution in [0.1, 0.15) is 0 Å². The van der Waals surface area contributed by atoms with E-state index in [1.807, 2.05) is 5.32 Å². The molecule has 1 aromatic carbocycles. The molecular weight excluding hydrogens is 325 g/mol. The van der Waals surface area contributed by atoms with E-state index in [0.29, 0.717) is 0 Å². The van der Waals surface area contributed by atoms with Gasteiger partial charge in [-0.3, -0.25) is 4.79 Å². The molecule has 0 saturated heterocycles. The molecule has 0 atom stereocenters. The topological polar surface area (TPSA) is 76.1 Å². The second-order valence-electron chi connectivity index (χ2n) is 4.24. The lowest BCUT2D eigenvalue weighted by Gasteiger charge is -2.25. The molecule has 2 N–H and O–H groups in total. The number of fused-ring (bicyclic) bond motifs is 1. The van der Waals surface area contributed by atoms with Crippen LogP contribution in [0.3, 0.4) is 0 Å². The predicted octanol–water partition coefficient (Wildman–Crippen LogP) is 2.94. The molecular formula is C12H6ClF3N4O2. The Morgan fingerprint density at radius 1 is 1.36 bits per heavy atom. The van der Waals surface area contributed by atoms with Crippen molar-refractivity contribution in [2.24, 2.45) is 0 Å². The van der Waals surface area contributed by atoms with Gasteiger partial charge in [-0.05, 0) is 29.8 Å². The molecule has 2 aromatic rings. The zero-order valence-corrected chi connectivity index (χ0v) is 11.3. The third-order valence-corrected chi connectivity index (χ3v) is 2.89. The quantitative estimate of drug-likeness (QED) is 0.828. The fourth-order valence-corrected chi connectivity index (χ4v) is 1.88. The van der Waals surface area contributed by atoms with Crippen molar-refractivity contribution in [3.05, 3.63) is 35.5 Å². The van der Waals surface area contributed by atoms with E-state index in [0.717, 1.165) is 6.20 Å². The smallest absolute Gasteiger partial charge is 0.423 e. The first kappa shape index (κ1) is 14.4. The largest absolute Gasteiger partial charge is 0.482 e. The van der Waals surface area contributed by atoms with Crippen LogP contribution in [0.25, 0.3) is 0 Å².